The monoisotopic (exact) mass is 293 g/mol. The molecule has 21 heavy (non-hydrogen) atoms. The second kappa shape index (κ2) is 7.03. The predicted molar refractivity (Wildman–Crippen MR) is 75.7 cm³/mol. The number of nitrogens with one attached hydrogen (secondary N) is 1. The third-order valence-corrected chi connectivity index (χ3v) is 3.51. The van der Waals surface area contributed by atoms with Crippen LogP contribution in [0.3, 0.4) is 0 Å². The van der Waals surface area contributed by atoms with Crippen LogP contribution in [0.25, 0.3) is 0 Å². The minimum atomic E-state index is -0.935. The third kappa shape index (κ3) is 3.91. The Labute approximate surface area is 122 Å². The zero-order valence-electron chi connectivity index (χ0n) is 11.9. The number of amides is 1. The summed E-state index contributed by atoms with van der Waals surface area (Å²) in [6.07, 6.45) is 7.74. The van der Waals surface area contributed by atoms with Gasteiger partial charge in [-0.3, -0.25) is 14.3 Å². The Morgan fingerprint density at radius 1 is 1.43 bits per heavy atom. The van der Waals surface area contributed by atoms with Gasteiger partial charge in [0, 0.05) is 13.3 Å². The first-order chi connectivity index (χ1) is 10.1. The van der Waals surface area contributed by atoms with Crippen LogP contribution in [-0.4, -0.2) is 40.5 Å². The minimum Gasteiger partial charge on any atom is -0.481 e. The smallest absolute Gasteiger partial charge is 0.307 e. The van der Waals surface area contributed by atoms with Crippen LogP contribution in [0.15, 0.2) is 24.5 Å². The number of carbonyl (C=O) groups is 2. The molecular formula is C14H19N3O4. The molecule has 2 rings (SSSR count). The first kappa shape index (κ1) is 15.2. The molecule has 1 aliphatic rings. The summed E-state index contributed by atoms with van der Waals surface area (Å²) in [6, 6.07) is 0. The summed E-state index contributed by atoms with van der Waals surface area (Å²) in [5.41, 5.74) is 0.565. The fraction of sp³-hybridized carbons (Fsp3) is 0.500. The van der Waals surface area contributed by atoms with Crippen LogP contribution in [0.2, 0.25) is 0 Å². The van der Waals surface area contributed by atoms with Crippen LogP contribution < -0.4 is 5.32 Å². The molecule has 0 radical (unpaired) electrons. The van der Waals surface area contributed by atoms with E-state index >= 15 is 0 Å². The maximum absolute atomic E-state index is 12.2. The molecule has 1 aromatic rings. The number of anilines is 1. The van der Waals surface area contributed by atoms with Crippen molar-refractivity contribution in [3.8, 4) is 0 Å². The van der Waals surface area contributed by atoms with Crippen molar-refractivity contribution in [1.82, 2.24) is 9.78 Å². The number of carboxylic acid groups (broad SMARTS) is 1. The van der Waals surface area contributed by atoms with Gasteiger partial charge < -0.3 is 15.2 Å². The van der Waals surface area contributed by atoms with E-state index in [4.69, 9.17) is 4.74 Å². The van der Waals surface area contributed by atoms with Crippen LogP contribution in [0.1, 0.15) is 12.8 Å². The molecule has 0 spiro atoms. The minimum absolute atomic E-state index is 0.280. The number of aromatic nitrogens is 2. The Kier molecular flexibility index (Phi) is 5.10. The predicted octanol–water partition coefficient (Wildman–Crippen LogP) is 1.13. The van der Waals surface area contributed by atoms with Gasteiger partial charge in [-0.05, 0) is 12.8 Å². The Morgan fingerprint density at radius 3 is 2.81 bits per heavy atom. The number of carboxylic acids is 1. The van der Waals surface area contributed by atoms with Gasteiger partial charge in [-0.25, -0.2) is 0 Å². The van der Waals surface area contributed by atoms with Gasteiger partial charge >= 0.3 is 5.97 Å². The lowest BCUT2D eigenvalue weighted by Gasteiger charge is -2.23. The zero-order chi connectivity index (χ0) is 15.2. The van der Waals surface area contributed by atoms with Gasteiger partial charge in [-0.15, -0.1) is 0 Å². The van der Waals surface area contributed by atoms with Gasteiger partial charge in [0.05, 0.1) is 36.9 Å². The number of aliphatic carboxylic acids is 1. The molecule has 1 heterocycles. The quantitative estimate of drug-likeness (QED) is 0.767. The van der Waals surface area contributed by atoms with E-state index in [0.29, 0.717) is 31.7 Å². The lowest BCUT2D eigenvalue weighted by Crippen LogP contribution is -2.34. The molecular weight excluding hydrogens is 274 g/mol. The Morgan fingerprint density at radius 2 is 2.14 bits per heavy atom. The van der Waals surface area contributed by atoms with Crippen molar-refractivity contribution in [3.63, 3.8) is 0 Å². The average Bonchev–Trinajstić information content (AvgIpc) is 2.92. The van der Waals surface area contributed by atoms with Crippen LogP contribution in [-0.2, 0) is 20.9 Å². The van der Waals surface area contributed by atoms with E-state index in [1.54, 1.807) is 24.2 Å². The molecule has 1 aromatic heterocycles. The Balaban J connectivity index is 1.98. The van der Waals surface area contributed by atoms with Crippen LogP contribution in [0.5, 0.6) is 0 Å². The molecule has 1 aliphatic carbocycles. The highest BCUT2D eigenvalue weighted by molar-refractivity contribution is 5.95. The zero-order valence-corrected chi connectivity index (χ0v) is 11.9. The summed E-state index contributed by atoms with van der Waals surface area (Å²) in [7, 11) is 1.61. The SMILES string of the molecule is COCCn1cc(NC(=O)C2CC=CCC2C(=O)O)cn1. The summed E-state index contributed by atoms with van der Waals surface area (Å²) in [5, 5.41) is 16.0. The van der Waals surface area contributed by atoms with E-state index in [-0.39, 0.29) is 5.91 Å². The first-order valence-corrected chi connectivity index (χ1v) is 6.82. The van der Waals surface area contributed by atoms with Crippen LogP contribution in [0, 0.1) is 11.8 Å². The van der Waals surface area contributed by atoms with Gasteiger partial charge in [-0.1, -0.05) is 12.2 Å². The number of rotatable bonds is 6. The van der Waals surface area contributed by atoms with Crippen molar-refractivity contribution in [2.75, 3.05) is 19.0 Å². The Bertz CT molecular complexity index is 538. The van der Waals surface area contributed by atoms with Crippen molar-refractivity contribution >= 4 is 17.6 Å². The largest absolute Gasteiger partial charge is 0.481 e. The number of nitrogens with zero attached hydrogens (tertiary/aromatic N) is 2. The topological polar surface area (TPSA) is 93.5 Å². The van der Waals surface area contributed by atoms with Gasteiger partial charge in [0.1, 0.15) is 0 Å². The Hall–Kier alpha value is -2.15. The van der Waals surface area contributed by atoms with Crippen molar-refractivity contribution in [2.24, 2.45) is 11.8 Å². The number of carbonyl (C=O) groups excluding carboxylic acids is 1. The molecule has 2 unspecified atom stereocenters. The van der Waals surface area contributed by atoms with E-state index in [9.17, 15) is 14.7 Å². The molecule has 0 fully saturated rings. The molecule has 2 atom stereocenters. The second-order valence-corrected chi connectivity index (χ2v) is 4.97. The van der Waals surface area contributed by atoms with E-state index < -0.39 is 17.8 Å². The first-order valence-electron chi connectivity index (χ1n) is 6.82. The van der Waals surface area contributed by atoms with E-state index in [0.717, 1.165) is 0 Å². The molecule has 0 saturated heterocycles. The summed E-state index contributed by atoms with van der Waals surface area (Å²) in [4.78, 5) is 23.4. The lowest BCUT2D eigenvalue weighted by molar-refractivity contribution is -0.146. The molecule has 1 amide bonds. The lowest BCUT2D eigenvalue weighted by atomic mass is 9.82. The normalized spacial score (nSPS) is 21.2. The molecule has 0 bridgehead atoms. The van der Waals surface area contributed by atoms with Gasteiger partial charge in [0.15, 0.2) is 0 Å². The molecule has 2 N–H and O–H groups in total. The third-order valence-electron chi connectivity index (χ3n) is 3.51. The highest BCUT2D eigenvalue weighted by Gasteiger charge is 2.34. The molecule has 7 nitrogen and oxygen atoms in total. The molecule has 0 saturated carbocycles. The van der Waals surface area contributed by atoms with Gasteiger partial charge in [-0.2, -0.15) is 5.10 Å². The number of hydrogen-bond donors (Lipinski definition) is 2. The molecule has 7 heteroatoms. The molecule has 0 aliphatic heterocycles. The number of methoxy groups -OCH3 is 1. The summed E-state index contributed by atoms with van der Waals surface area (Å²) in [5.74, 6) is -2.43. The summed E-state index contributed by atoms with van der Waals surface area (Å²) >= 11 is 0. The number of ether oxygens (including phenoxy) is 1. The fourth-order valence-corrected chi connectivity index (χ4v) is 2.35. The van der Waals surface area contributed by atoms with Gasteiger partial charge in [0.2, 0.25) is 5.91 Å². The maximum Gasteiger partial charge on any atom is 0.307 e. The number of hydrogen-bond acceptors (Lipinski definition) is 4. The highest BCUT2D eigenvalue weighted by Crippen LogP contribution is 2.27. The van der Waals surface area contributed by atoms with Crippen LogP contribution in [0.4, 0.5) is 5.69 Å². The van der Waals surface area contributed by atoms with E-state index in [1.165, 1.54) is 0 Å². The van der Waals surface area contributed by atoms with Crippen molar-refractivity contribution in [3.05, 3.63) is 24.5 Å². The maximum atomic E-state index is 12.2. The van der Waals surface area contributed by atoms with E-state index in [1.807, 2.05) is 12.2 Å². The second-order valence-electron chi connectivity index (χ2n) is 4.97. The fourth-order valence-electron chi connectivity index (χ4n) is 2.35. The number of allylic oxidation sites excluding steroid dienone is 2. The van der Waals surface area contributed by atoms with Crippen molar-refractivity contribution in [2.45, 2.75) is 19.4 Å². The highest BCUT2D eigenvalue weighted by atomic mass is 16.5. The van der Waals surface area contributed by atoms with Crippen molar-refractivity contribution in [1.29, 1.82) is 0 Å². The summed E-state index contributed by atoms with van der Waals surface area (Å²) in [6.45, 7) is 1.12. The molecule has 114 valence electrons. The van der Waals surface area contributed by atoms with Crippen LogP contribution >= 0.6 is 0 Å². The van der Waals surface area contributed by atoms with E-state index in [2.05, 4.69) is 10.4 Å². The standard InChI is InChI=1S/C14H19N3O4/c1-21-7-6-17-9-10(8-15-17)16-13(18)11-4-2-3-5-12(11)14(19)20/h2-3,8-9,11-12H,4-7H2,1H3,(H,16,18)(H,19,20). The molecule has 0 aromatic carbocycles. The van der Waals surface area contributed by atoms with Crippen molar-refractivity contribution < 1.29 is 19.4 Å². The average molecular weight is 293 g/mol. The summed E-state index contributed by atoms with van der Waals surface area (Å²) < 4.78 is 6.61. The van der Waals surface area contributed by atoms with Gasteiger partial charge in [0.25, 0.3) is 0 Å².